The van der Waals surface area contributed by atoms with Gasteiger partial charge in [0.2, 0.25) is 0 Å². The number of urea groups is 1. The predicted octanol–water partition coefficient (Wildman–Crippen LogP) is 5.55. The van der Waals surface area contributed by atoms with Crippen LogP contribution in [0.3, 0.4) is 0 Å². The molecule has 0 unspecified atom stereocenters. The number of hydrogen-bond acceptors (Lipinski definition) is 11. The van der Waals surface area contributed by atoms with E-state index in [0.29, 0.717) is 12.4 Å². The zero-order valence-electron chi connectivity index (χ0n) is 30.6. The van der Waals surface area contributed by atoms with Crippen molar-refractivity contribution in [2.24, 2.45) is 0 Å². The molecule has 0 aliphatic carbocycles. The monoisotopic (exact) mass is 942 g/mol. The molecular weight excluding hydrogens is 914 g/mol. The average Bonchev–Trinajstić information content (AvgIpc) is 3.81. The summed E-state index contributed by atoms with van der Waals surface area (Å²) >= 11 is 0. The molecule has 0 fully saturated rings. The number of ether oxygens (including phenoxy) is 3. The molecule has 15 nitrogen and oxygen atoms in total. The molecule has 0 aliphatic heterocycles. The summed E-state index contributed by atoms with van der Waals surface area (Å²) in [7, 11) is 0. The molecular formula is C29H28F18N8O7. The molecule has 0 aromatic carbocycles. The van der Waals surface area contributed by atoms with Crippen molar-refractivity contribution in [3.63, 3.8) is 0 Å². The number of amides is 2. The van der Waals surface area contributed by atoms with Gasteiger partial charge >= 0.3 is 71.8 Å². The fraction of sp³-hybridized carbons (Fsp3) is 0.655. The molecule has 2 amide bonds. The third-order valence-electron chi connectivity index (χ3n) is 7.57. The van der Waals surface area contributed by atoms with Gasteiger partial charge in [-0.3, -0.25) is 14.2 Å². The van der Waals surface area contributed by atoms with Gasteiger partial charge in [-0.1, -0.05) is 17.0 Å². The summed E-state index contributed by atoms with van der Waals surface area (Å²) < 4.78 is 251. The van der Waals surface area contributed by atoms with Crippen LogP contribution in [0.4, 0.5) is 83.8 Å². The van der Waals surface area contributed by atoms with Gasteiger partial charge in [0, 0.05) is 31.5 Å². The number of hydrogen-bond donors (Lipinski definition) is 2. The number of rotatable bonds is 22. The quantitative estimate of drug-likeness (QED) is 0.0497. The van der Waals surface area contributed by atoms with Crippen molar-refractivity contribution in [3.05, 3.63) is 35.9 Å². The van der Waals surface area contributed by atoms with Crippen molar-refractivity contribution < 1.29 is 112 Å². The summed E-state index contributed by atoms with van der Waals surface area (Å²) in [6.45, 7) is -1.20. The second-order valence-electron chi connectivity index (χ2n) is 12.5. The van der Waals surface area contributed by atoms with Crippen molar-refractivity contribution in [3.8, 4) is 0 Å². The number of esters is 3. The Morgan fingerprint density at radius 1 is 0.661 bits per heavy atom. The van der Waals surface area contributed by atoms with Crippen molar-refractivity contribution in [2.75, 3.05) is 13.2 Å². The van der Waals surface area contributed by atoms with Crippen LogP contribution in [-0.4, -0.2) is 121 Å². The molecule has 0 bridgehead atoms. The highest BCUT2D eigenvalue weighted by atomic mass is 19.4. The first-order valence-corrected chi connectivity index (χ1v) is 16.4. The Bertz CT molecular complexity index is 1900. The van der Waals surface area contributed by atoms with E-state index in [9.17, 15) is 98.2 Å². The summed E-state index contributed by atoms with van der Waals surface area (Å²) in [5.74, 6) is -43.9. The Kier molecular flexibility index (Phi) is 16.3. The van der Waals surface area contributed by atoms with Crippen LogP contribution >= 0.6 is 0 Å². The Morgan fingerprint density at radius 2 is 1.08 bits per heavy atom. The summed E-state index contributed by atoms with van der Waals surface area (Å²) in [6, 6.07) is -3.31. The second kappa shape index (κ2) is 19.2. The molecule has 0 saturated heterocycles. The molecule has 352 valence electrons. The van der Waals surface area contributed by atoms with Crippen molar-refractivity contribution in [1.29, 1.82) is 0 Å². The van der Waals surface area contributed by atoms with E-state index < -0.39 is 148 Å². The molecule has 0 saturated carbocycles. The largest absolute Gasteiger partial charge is 0.460 e. The van der Waals surface area contributed by atoms with E-state index in [2.05, 4.69) is 32.5 Å². The zero-order valence-corrected chi connectivity index (χ0v) is 30.6. The SMILES string of the molecule is C=C(C)C(=O)OCCNC(=O)N[C@@H](CC(=O)OCc1cn(CCC(F)(F)C(F)(F)C(F)(F)C(F)(F)F)nn1)C(=O)OCc1cn(CCC(F)(F)C(F)(F)C(F)(F)C(F)(F)F)nn1. The third-order valence-corrected chi connectivity index (χ3v) is 7.57. The van der Waals surface area contributed by atoms with E-state index >= 15 is 0 Å². The molecule has 2 aromatic rings. The standard InChI is InChI=1S/C29H28F18N8O7/c1-14(2)19(57)60-8-5-48-21(59)49-17(20(58)62-13-16-11-55(53-51-16)7-4-23(32,33)25(36,37)27(40,41)29(45,46)47)9-18(56)61-12-15-10-54(52-50-15)6-3-22(30,31)24(34,35)26(38,39)28(42,43)44/h10-11,17H,1,3-9,12-13H2,2H3,(H2,48,49,59)/t17-/m0/s1. The molecule has 62 heavy (non-hydrogen) atoms. The van der Waals surface area contributed by atoms with Crippen molar-refractivity contribution >= 4 is 23.9 Å². The minimum absolute atomic E-state index is 0.0261. The highest BCUT2D eigenvalue weighted by Crippen LogP contribution is 2.55. The van der Waals surface area contributed by atoms with Gasteiger partial charge in [-0.05, 0) is 6.92 Å². The maximum atomic E-state index is 13.9. The van der Waals surface area contributed by atoms with Crippen LogP contribution in [0.5, 0.6) is 0 Å². The van der Waals surface area contributed by atoms with E-state index in [4.69, 9.17) is 14.2 Å². The summed E-state index contributed by atoms with van der Waals surface area (Å²) in [5.41, 5.74) is -1.05. The van der Waals surface area contributed by atoms with E-state index in [1.165, 1.54) is 6.92 Å². The molecule has 1 atom stereocenters. The van der Waals surface area contributed by atoms with Crippen molar-refractivity contribution in [1.82, 2.24) is 40.6 Å². The Morgan fingerprint density at radius 3 is 1.48 bits per heavy atom. The maximum Gasteiger partial charge on any atom is 0.460 e. The zero-order chi connectivity index (χ0) is 47.9. The van der Waals surface area contributed by atoms with Gasteiger partial charge in [0.15, 0.2) is 0 Å². The number of halogens is 18. The van der Waals surface area contributed by atoms with E-state index in [1.807, 2.05) is 5.32 Å². The molecule has 2 aromatic heterocycles. The number of alkyl halides is 18. The average molecular weight is 943 g/mol. The van der Waals surface area contributed by atoms with Gasteiger partial charge in [-0.2, -0.15) is 79.0 Å². The minimum Gasteiger partial charge on any atom is -0.460 e. The molecule has 2 heterocycles. The van der Waals surface area contributed by atoms with Gasteiger partial charge in [-0.15, -0.1) is 10.2 Å². The molecule has 0 spiro atoms. The third kappa shape index (κ3) is 12.5. The summed E-state index contributed by atoms with van der Waals surface area (Å²) in [5, 5.41) is 16.9. The van der Waals surface area contributed by atoms with Crippen LogP contribution in [0.2, 0.25) is 0 Å². The van der Waals surface area contributed by atoms with E-state index in [1.54, 1.807) is 0 Å². The first kappa shape index (κ1) is 52.6. The topological polar surface area (TPSA) is 181 Å². The number of carbonyl (C=O) groups is 4. The number of nitrogens with zero attached hydrogens (tertiary/aromatic N) is 6. The van der Waals surface area contributed by atoms with Crippen LogP contribution in [0, 0.1) is 0 Å². The highest BCUT2D eigenvalue weighted by molar-refractivity contribution is 5.88. The lowest BCUT2D eigenvalue weighted by Gasteiger charge is -2.33. The molecule has 33 heteroatoms. The van der Waals surface area contributed by atoms with Gasteiger partial charge < -0.3 is 24.8 Å². The number of aryl methyl sites for hydroxylation is 2. The smallest absolute Gasteiger partial charge is 0.460 e. The fourth-order valence-corrected chi connectivity index (χ4v) is 4.13. The summed E-state index contributed by atoms with van der Waals surface area (Å²) in [4.78, 5) is 49.3. The second-order valence-corrected chi connectivity index (χ2v) is 12.5. The lowest BCUT2D eigenvalue weighted by molar-refractivity contribution is -0.397. The van der Waals surface area contributed by atoms with E-state index in [0.717, 1.165) is 0 Å². The first-order chi connectivity index (χ1) is 28.0. The van der Waals surface area contributed by atoms with E-state index in [-0.39, 0.29) is 14.9 Å². The van der Waals surface area contributed by atoms with Crippen LogP contribution in [-0.2, 0) is 54.9 Å². The predicted molar refractivity (Wildman–Crippen MR) is 161 cm³/mol. The molecule has 0 radical (unpaired) electrons. The van der Waals surface area contributed by atoms with Crippen LogP contribution in [0.1, 0.15) is 37.6 Å². The van der Waals surface area contributed by atoms with Gasteiger partial charge in [0.1, 0.15) is 37.3 Å². The Balaban J connectivity index is 2.10. The minimum atomic E-state index is -7.15. The lowest BCUT2D eigenvalue weighted by Crippen LogP contribution is -2.61. The summed E-state index contributed by atoms with van der Waals surface area (Å²) in [6.07, 6.45) is -18.8. The lowest BCUT2D eigenvalue weighted by atomic mass is 10.0. The molecule has 0 aliphatic rings. The van der Waals surface area contributed by atoms with Crippen LogP contribution < -0.4 is 10.6 Å². The van der Waals surface area contributed by atoms with Gasteiger partial charge in [0.25, 0.3) is 0 Å². The van der Waals surface area contributed by atoms with Gasteiger partial charge in [0.05, 0.1) is 25.4 Å². The van der Waals surface area contributed by atoms with Gasteiger partial charge in [-0.25, -0.2) is 14.4 Å². The van der Waals surface area contributed by atoms with Crippen molar-refractivity contribution in [2.45, 2.75) is 106 Å². The Labute approximate surface area is 333 Å². The van der Waals surface area contributed by atoms with Crippen LogP contribution in [0.15, 0.2) is 24.5 Å². The number of aromatic nitrogens is 6. The normalized spacial score (nSPS) is 13.9. The van der Waals surface area contributed by atoms with Crippen LogP contribution in [0.25, 0.3) is 0 Å². The first-order valence-electron chi connectivity index (χ1n) is 16.4. The molecule has 2 rings (SSSR count). The fourth-order valence-electron chi connectivity index (χ4n) is 4.13. The highest BCUT2D eigenvalue weighted by Gasteiger charge is 2.82. The Hall–Kier alpha value is -5.56. The maximum absolute atomic E-state index is 13.9. The number of carbonyl (C=O) groups excluding carboxylic acids is 4. The molecule has 2 N–H and O–H groups in total. The number of nitrogens with one attached hydrogen (secondary N) is 2.